The van der Waals surface area contributed by atoms with Gasteiger partial charge in [-0.1, -0.05) is 30.3 Å². The summed E-state index contributed by atoms with van der Waals surface area (Å²) in [6.07, 6.45) is 0.702. The van der Waals surface area contributed by atoms with Crippen LogP contribution >= 0.6 is 0 Å². The Morgan fingerprint density at radius 2 is 1.88 bits per heavy atom. The van der Waals surface area contributed by atoms with E-state index >= 15 is 0 Å². The Morgan fingerprint density at radius 3 is 2.54 bits per heavy atom. The highest BCUT2D eigenvalue weighted by atomic mass is 16.6. The first-order chi connectivity index (χ1) is 11.6. The van der Waals surface area contributed by atoms with Crippen molar-refractivity contribution < 1.29 is 14.5 Å². The SMILES string of the molecule is O=C(COc1ccc([N+](=O)[O-])cc1)N1CCC(c2ccccc2)=N1. The van der Waals surface area contributed by atoms with E-state index in [1.807, 2.05) is 30.3 Å². The van der Waals surface area contributed by atoms with Crippen molar-refractivity contribution in [1.29, 1.82) is 0 Å². The Bertz CT molecular complexity index is 772. The summed E-state index contributed by atoms with van der Waals surface area (Å²) in [5.74, 6) is 0.152. The van der Waals surface area contributed by atoms with Crippen molar-refractivity contribution in [1.82, 2.24) is 5.01 Å². The van der Waals surface area contributed by atoms with E-state index in [1.165, 1.54) is 29.3 Å². The lowest BCUT2D eigenvalue weighted by molar-refractivity contribution is -0.384. The van der Waals surface area contributed by atoms with Crippen molar-refractivity contribution in [3.8, 4) is 5.75 Å². The maximum absolute atomic E-state index is 12.2. The molecule has 7 nitrogen and oxygen atoms in total. The normalized spacial score (nSPS) is 13.5. The van der Waals surface area contributed by atoms with E-state index in [0.29, 0.717) is 18.7 Å². The fourth-order valence-corrected chi connectivity index (χ4v) is 2.35. The van der Waals surface area contributed by atoms with E-state index in [-0.39, 0.29) is 18.2 Å². The predicted octanol–water partition coefficient (Wildman–Crippen LogP) is 2.61. The van der Waals surface area contributed by atoms with Crippen molar-refractivity contribution in [3.05, 3.63) is 70.3 Å². The zero-order chi connectivity index (χ0) is 16.9. The highest BCUT2D eigenvalue weighted by molar-refractivity contribution is 6.02. The molecule has 0 unspecified atom stereocenters. The van der Waals surface area contributed by atoms with Gasteiger partial charge >= 0.3 is 0 Å². The number of nitro benzene ring substituents is 1. The predicted molar refractivity (Wildman–Crippen MR) is 87.9 cm³/mol. The number of amides is 1. The number of nitrogens with zero attached hydrogens (tertiary/aromatic N) is 3. The first-order valence-electron chi connectivity index (χ1n) is 7.44. The zero-order valence-electron chi connectivity index (χ0n) is 12.8. The summed E-state index contributed by atoms with van der Waals surface area (Å²) in [4.78, 5) is 22.3. The van der Waals surface area contributed by atoms with Gasteiger partial charge < -0.3 is 4.74 Å². The van der Waals surface area contributed by atoms with Crippen LogP contribution in [0.1, 0.15) is 12.0 Å². The van der Waals surface area contributed by atoms with Gasteiger partial charge in [-0.25, -0.2) is 5.01 Å². The van der Waals surface area contributed by atoms with Gasteiger partial charge in [0.2, 0.25) is 0 Å². The summed E-state index contributed by atoms with van der Waals surface area (Å²) in [5, 5.41) is 16.3. The molecule has 0 saturated carbocycles. The molecule has 0 spiro atoms. The van der Waals surface area contributed by atoms with Gasteiger partial charge in [0.1, 0.15) is 5.75 Å². The highest BCUT2D eigenvalue weighted by Crippen LogP contribution is 2.18. The number of hydrazone groups is 1. The van der Waals surface area contributed by atoms with E-state index in [0.717, 1.165) is 11.3 Å². The Labute approximate surface area is 138 Å². The van der Waals surface area contributed by atoms with Crippen LogP contribution in [0.5, 0.6) is 5.75 Å². The summed E-state index contributed by atoms with van der Waals surface area (Å²) in [5.41, 5.74) is 1.86. The summed E-state index contributed by atoms with van der Waals surface area (Å²) < 4.78 is 5.37. The van der Waals surface area contributed by atoms with Gasteiger partial charge in [0.05, 0.1) is 17.2 Å². The second-order valence-electron chi connectivity index (χ2n) is 5.22. The molecular formula is C17H15N3O4. The fourth-order valence-electron chi connectivity index (χ4n) is 2.35. The average molecular weight is 325 g/mol. The summed E-state index contributed by atoms with van der Waals surface area (Å²) in [7, 11) is 0. The Kier molecular flexibility index (Phi) is 4.51. The third kappa shape index (κ3) is 3.57. The molecule has 2 aromatic carbocycles. The quantitative estimate of drug-likeness (QED) is 0.625. The van der Waals surface area contributed by atoms with E-state index < -0.39 is 4.92 Å². The molecule has 2 aromatic rings. The monoisotopic (exact) mass is 325 g/mol. The zero-order valence-corrected chi connectivity index (χ0v) is 12.8. The molecule has 1 aliphatic heterocycles. The second kappa shape index (κ2) is 6.91. The molecule has 1 heterocycles. The number of nitro groups is 1. The molecule has 3 rings (SSSR count). The summed E-state index contributed by atoms with van der Waals surface area (Å²) in [6, 6.07) is 15.3. The standard InChI is InChI=1S/C17H15N3O4/c21-17(12-24-15-8-6-14(7-9-15)20(22)23)19-11-10-16(18-19)13-4-2-1-3-5-13/h1-9H,10-12H2. The largest absolute Gasteiger partial charge is 0.484 e. The lowest BCUT2D eigenvalue weighted by Crippen LogP contribution is -2.28. The van der Waals surface area contributed by atoms with Gasteiger partial charge in [-0.2, -0.15) is 5.10 Å². The first-order valence-corrected chi connectivity index (χ1v) is 7.44. The summed E-state index contributed by atoms with van der Waals surface area (Å²) in [6.45, 7) is 0.357. The highest BCUT2D eigenvalue weighted by Gasteiger charge is 2.21. The average Bonchev–Trinajstić information content (AvgIpc) is 3.11. The van der Waals surface area contributed by atoms with Gasteiger partial charge in [0.25, 0.3) is 11.6 Å². The first kappa shape index (κ1) is 15.7. The van der Waals surface area contributed by atoms with Crippen LogP contribution in [0.3, 0.4) is 0 Å². The van der Waals surface area contributed by atoms with E-state index in [2.05, 4.69) is 5.10 Å². The molecule has 24 heavy (non-hydrogen) atoms. The van der Waals surface area contributed by atoms with E-state index in [1.54, 1.807) is 0 Å². The number of non-ortho nitro benzene ring substituents is 1. The molecule has 0 N–H and O–H groups in total. The van der Waals surface area contributed by atoms with Crippen molar-refractivity contribution in [2.24, 2.45) is 5.10 Å². The van der Waals surface area contributed by atoms with Crippen molar-refractivity contribution in [2.75, 3.05) is 13.2 Å². The molecule has 7 heteroatoms. The van der Waals surface area contributed by atoms with Crippen LogP contribution in [0, 0.1) is 10.1 Å². The van der Waals surface area contributed by atoms with Crippen molar-refractivity contribution >= 4 is 17.3 Å². The van der Waals surface area contributed by atoms with Crippen LogP contribution in [-0.2, 0) is 4.79 Å². The molecule has 122 valence electrons. The molecule has 0 saturated heterocycles. The fraction of sp³-hybridized carbons (Fsp3) is 0.176. The number of rotatable bonds is 5. The van der Waals surface area contributed by atoms with E-state index in [9.17, 15) is 14.9 Å². The third-order valence-electron chi connectivity index (χ3n) is 3.61. The molecule has 0 aromatic heterocycles. The Hall–Kier alpha value is -3.22. The van der Waals surface area contributed by atoms with Gasteiger partial charge in [0.15, 0.2) is 6.61 Å². The van der Waals surface area contributed by atoms with Crippen LogP contribution in [0.15, 0.2) is 59.7 Å². The van der Waals surface area contributed by atoms with Gasteiger partial charge in [-0.15, -0.1) is 0 Å². The molecule has 0 aliphatic carbocycles. The second-order valence-corrected chi connectivity index (χ2v) is 5.22. The Balaban J connectivity index is 1.58. The minimum atomic E-state index is -0.487. The van der Waals surface area contributed by atoms with Crippen LogP contribution < -0.4 is 4.74 Å². The van der Waals surface area contributed by atoms with Crippen LogP contribution in [-0.4, -0.2) is 34.7 Å². The molecular weight excluding hydrogens is 310 g/mol. The van der Waals surface area contributed by atoms with Crippen LogP contribution in [0.2, 0.25) is 0 Å². The number of ether oxygens (including phenoxy) is 1. The van der Waals surface area contributed by atoms with Crippen LogP contribution in [0.25, 0.3) is 0 Å². The lowest BCUT2D eigenvalue weighted by atomic mass is 10.1. The molecule has 0 atom stereocenters. The van der Waals surface area contributed by atoms with Crippen molar-refractivity contribution in [2.45, 2.75) is 6.42 Å². The maximum Gasteiger partial charge on any atom is 0.280 e. The topological polar surface area (TPSA) is 85.0 Å². The van der Waals surface area contributed by atoms with Gasteiger partial charge in [-0.05, 0) is 17.7 Å². The molecule has 1 aliphatic rings. The minimum Gasteiger partial charge on any atom is -0.484 e. The smallest absolute Gasteiger partial charge is 0.280 e. The van der Waals surface area contributed by atoms with Crippen molar-refractivity contribution in [3.63, 3.8) is 0 Å². The molecule has 0 bridgehead atoms. The number of hydrogen-bond donors (Lipinski definition) is 0. The molecule has 1 amide bonds. The van der Waals surface area contributed by atoms with Crippen LogP contribution in [0.4, 0.5) is 5.69 Å². The minimum absolute atomic E-state index is 0.0228. The van der Waals surface area contributed by atoms with Gasteiger partial charge in [0, 0.05) is 18.6 Å². The van der Waals surface area contributed by atoms with E-state index in [4.69, 9.17) is 4.74 Å². The molecule has 0 fully saturated rings. The third-order valence-corrected chi connectivity index (χ3v) is 3.61. The number of carbonyl (C=O) groups is 1. The number of hydrogen-bond acceptors (Lipinski definition) is 5. The summed E-state index contributed by atoms with van der Waals surface area (Å²) >= 11 is 0. The lowest BCUT2D eigenvalue weighted by Gasteiger charge is -2.12. The number of carbonyl (C=O) groups excluding carboxylic acids is 1. The molecule has 0 radical (unpaired) electrons. The maximum atomic E-state index is 12.2. The van der Waals surface area contributed by atoms with Gasteiger partial charge in [-0.3, -0.25) is 14.9 Å². The Morgan fingerprint density at radius 1 is 1.17 bits per heavy atom. The number of benzene rings is 2.